The zero-order chi connectivity index (χ0) is 24.8. The van der Waals surface area contributed by atoms with E-state index in [0.29, 0.717) is 0 Å². The molecule has 2 aliphatic rings. The van der Waals surface area contributed by atoms with Crippen LogP contribution in [0.4, 0.5) is 4.79 Å². The van der Waals surface area contributed by atoms with Gasteiger partial charge in [-0.15, -0.1) is 6.58 Å². The van der Waals surface area contributed by atoms with Crippen molar-refractivity contribution in [3.63, 3.8) is 0 Å². The van der Waals surface area contributed by atoms with Crippen LogP contribution in [-0.2, 0) is 14.3 Å². The fraction of sp³-hybridized carbons (Fsp3) is 0.393. The molecule has 2 unspecified atom stereocenters. The van der Waals surface area contributed by atoms with Gasteiger partial charge in [-0.2, -0.15) is 0 Å². The third-order valence-electron chi connectivity index (χ3n) is 7.06. The number of carbonyl (C=O) groups excluding carboxylic acids is 2. The van der Waals surface area contributed by atoms with Gasteiger partial charge < -0.3 is 20.5 Å². The highest BCUT2D eigenvalue weighted by atomic mass is 16.5. The van der Waals surface area contributed by atoms with Crippen LogP contribution in [0.5, 0.6) is 0 Å². The molecule has 1 fully saturated rings. The Labute approximate surface area is 205 Å². The molecular weight excluding hydrogens is 444 g/mol. The van der Waals surface area contributed by atoms with E-state index in [4.69, 9.17) is 4.74 Å². The van der Waals surface area contributed by atoms with Crippen LogP contribution in [0.25, 0.3) is 11.1 Å². The first kappa shape index (κ1) is 24.5. The predicted molar refractivity (Wildman–Crippen MR) is 133 cm³/mol. The summed E-state index contributed by atoms with van der Waals surface area (Å²) in [6.07, 6.45) is 4.96. The van der Waals surface area contributed by atoms with Crippen molar-refractivity contribution in [3.8, 4) is 11.1 Å². The summed E-state index contributed by atoms with van der Waals surface area (Å²) in [6, 6.07) is 14.8. The maximum Gasteiger partial charge on any atom is 0.407 e. The summed E-state index contributed by atoms with van der Waals surface area (Å²) in [5, 5.41) is 14.8. The molecule has 2 atom stereocenters. The molecule has 3 N–H and O–H groups in total. The molecule has 0 bridgehead atoms. The van der Waals surface area contributed by atoms with Gasteiger partial charge in [-0.25, -0.2) is 9.59 Å². The number of carboxylic acid groups (broad SMARTS) is 1. The van der Waals surface area contributed by atoms with Gasteiger partial charge in [-0.1, -0.05) is 67.4 Å². The summed E-state index contributed by atoms with van der Waals surface area (Å²) >= 11 is 0. The standard InChI is InChI=1S/C28H32N2O5/c1-2-9-24(27(32)33)29-26(31)16-25(18-10-3-4-11-18)30-28(34)35-17-23-21-14-7-5-12-19(21)20-13-6-8-15-22(20)23/h2,5-8,12-15,18,23-25H,1,3-4,9-11,16-17H2,(H,29,31)(H,30,34)(H,32,33). The molecule has 35 heavy (non-hydrogen) atoms. The Bertz CT molecular complexity index is 1050. The van der Waals surface area contributed by atoms with Gasteiger partial charge in [0.1, 0.15) is 12.6 Å². The topological polar surface area (TPSA) is 105 Å². The minimum atomic E-state index is -1.11. The third kappa shape index (κ3) is 5.73. The van der Waals surface area contributed by atoms with Crippen molar-refractivity contribution in [1.82, 2.24) is 10.6 Å². The summed E-state index contributed by atoms with van der Waals surface area (Å²) in [5.74, 6) is -1.41. The SMILES string of the molecule is C=CCC(NC(=O)CC(NC(=O)OCC1c2ccccc2-c2ccccc21)C1CCCC1)C(=O)O. The van der Waals surface area contributed by atoms with Crippen LogP contribution in [0.15, 0.2) is 61.2 Å². The van der Waals surface area contributed by atoms with E-state index in [-0.39, 0.29) is 31.3 Å². The van der Waals surface area contributed by atoms with E-state index in [9.17, 15) is 19.5 Å². The highest BCUT2D eigenvalue weighted by Gasteiger charge is 2.32. The molecule has 0 spiro atoms. The highest BCUT2D eigenvalue weighted by molar-refractivity contribution is 5.84. The van der Waals surface area contributed by atoms with E-state index in [0.717, 1.165) is 47.9 Å². The molecule has 2 aromatic carbocycles. The first-order chi connectivity index (χ1) is 17.0. The van der Waals surface area contributed by atoms with Crippen molar-refractivity contribution in [2.45, 2.75) is 56.5 Å². The molecule has 0 aromatic heterocycles. The third-order valence-corrected chi connectivity index (χ3v) is 7.06. The number of carbonyl (C=O) groups is 3. The minimum Gasteiger partial charge on any atom is -0.480 e. The molecule has 1 saturated carbocycles. The van der Waals surface area contributed by atoms with Crippen molar-refractivity contribution >= 4 is 18.0 Å². The van der Waals surface area contributed by atoms with E-state index in [1.54, 1.807) is 0 Å². The highest BCUT2D eigenvalue weighted by Crippen LogP contribution is 2.44. The maximum atomic E-state index is 12.8. The van der Waals surface area contributed by atoms with Crippen LogP contribution >= 0.6 is 0 Å². The maximum absolute atomic E-state index is 12.8. The fourth-order valence-electron chi connectivity index (χ4n) is 5.33. The van der Waals surface area contributed by atoms with E-state index >= 15 is 0 Å². The van der Waals surface area contributed by atoms with Crippen LogP contribution in [0.1, 0.15) is 55.6 Å². The number of benzene rings is 2. The average molecular weight is 477 g/mol. The number of aliphatic carboxylic acids is 1. The largest absolute Gasteiger partial charge is 0.480 e. The number of nitrogens with one attached hydrogen (secondary N) is 2. The molecular formula is C28H32N2O5. The molecule has 2 amide bonds. The quantitative estimate of drug-likeness (QED) is 0.434. The number of hydrogen-bond donors (Lipinski definition) is 3. The second-order valence-electron chi connectivity index (χ2n) is 9.31. The minimum absolute atomic E-state index is 0.00971. The van der Waals surface area contributed by atoms with Gasteiger partial charge in [0.15, 0.2) is 0 Å². The Balaban J connectivity index is 1.39. The van der Waals surface area contributed by atoms with E-state index in [1.807, 2.05) is 24.3 Å². The van der Waals surface area contributed by atoms with Crippen molar-refractivity contribution in [1.29, 1.82) is 0 Å². The Hall–Kier alpha value is -3.61. The van der Waals surface area contributed by atoms with Gasteiger partial charge in [-0.05, 0) is 47.4 Å². The summed E-state index contributed by atoms with van der Waals surface area (Å²) in [5.41, 5.74) is 4.58. The van der Waals surface area contributed by atoms with E-state index in [1.165, 1.54) is 6.08 Å². The normalized spacial score (nSPS) is 16.6. The van der Waals surface area contributed by atoms with Gasteiger partial charge in [0, 0.05) is 18.4 Å². The van der Waals surface area contributed by atoms with Gasteiger partial charge in [0.25, 0.3) is 0 Å². The fourth-order valence-corrected chi connectivity index (χ4v) is 5.33. The lowest BCUT2D eigenvalue weighted by atomic mass is 9.95. The van der Waals surface area contributed by atoms with Gasteiger partial charge in [0.2, 0.25) is 5.91 Å². The van der Waals surface area contributed by atoms with Crippen molar-refractivity contribution in [2.75, 3.05) is 6.61 Å². The molecule has 0 saturated heterocycles. The number of hydrogen-bond acceptors (Lipinski definition) is 4. The van der Waals surface area contributed by atoms with Crippen LogP contribution in [-0.4, -0.2) is 41.8 Å². The van der Waals surface area contributed by atoms with E-state index in [2.05, 4.69) is 41.5 Å². The number of amides is 2. The van der Waals surface area contributed by atoms with Gasteiger partial charge >= 0.3 is 12.1 Å². The van der Waals surface area contributed by atoms with Crippen LogP contribution in [0, 0.1) is 5.92 Å². The lowest BCUT2D eigenvalue weighted by Crippen LogP contribution is -2.46. The molecule has 4 rings (SSSR count). The molecule has 2 aromatic rings. The Kier molecular flexibility index (Phi) is 7.85. The first-order valence-corrected chi connectivity index (χ1v) is 12.2. The van der Waals surface area contributed by atoms with Crippen LogP contribution in [0.3, 0.4) is 0 Å². The first-order valence-electron chi connectivity index (χ1n) is 12.2. The Morgan fingerprint density at radius 3 is 2.17 bits per heavy atom. The van der Waals surface area contributed by atoms with Crippen molar-refractivity contribution in [2.24, 2.45) is 5.92 Å². The van der Waals surface area contributed by atoms with Crippen LogP contribution < -0.4 is 10.6 Å². The zero-order valence-electron chi connectivity index (χ0n) is 19.7. The number of alkyl carbamates (subject to hydrolysis) is 1. The lowest BCUT2D eigenvalue weighted by molar-refractivity contribution is -0.141. The zero-order valence-corrected chi connectivity index (χ0v) is 19.7. The lowest BCUT2D eigenvalue weighted by Gasteiger charge is -2.25. The van der Waals surface area contributed by atoms with Crippen molar-refractivity contribution in [3.05, 3.63) is 72.3 Å². The Morgan fingerprint density at radius 2 is 1.60 bits per heavy atom. The number of rotatable bonds is 10. The number of carboxylic acids is 1. The van der Waals surface area contributed by atoms with Gasteiger partial charge in [0.05, 0.1) is 0 Å². The average Bonchev–Trinajstić information content (AvgIpc) is 3.49. The molecule has 0 heterocycles. The monoisotopic (exact) mass is 476 g/mol. The summed E-state index contributed by atoms with van der Waals surface area (Å²) < 4.78 is 5.68. The van der Waals surface area contributed by atoms with Gasteiger partial charge in [-0.3, -0.25) is 4.79 Å². The second kappa shape index (κ2) is 11.2. The summed E-state index contributed by atoms with van der Waals surface area (Å²) in [4.78, 5) is 36.8. The predicted octanol–water partition coefficient (Wildman–Crippen LogP) is 4.62. The summed E-state index contributed by atoms with van der Waals surface area (Å²) in [6.45, 7) is 3.74. The van der Waals surface area contributed by atoms with Crippen molar-refractivity contribution < 1.29 is 24.2 Å². The Morgan fingerprint density at radius 1 is 1.00 bits per heavy atom. The molecule has 0 radical (unpaired) electrons. The molecule has 7 heteroatoms. The van der Waals surface area contributed by atoms with Crippen LogP contribution in [0.2, 0.25) is 0 Å². The number of fused-ring (bicyclic) bond motifs is 3. The summed E-state index contributed by atoms with van der Waals surface area (Å²) in [7, 11) is 0. The molecule has 0 aliphatic heterocycles. The number of ether oxygens (including phenoxy) is 1. The second-order valence-corrected chi connectivity index (χ2v) is 9.31. The smallest absolute Gasteiger partial charge is 0.407 e. The molecule has 7 nitrogen and oxygen atoms in total. The molecule has 2 aliphatic carbocycles. The van der Waals surface area contributed by atoms with E-state index < -0.39 is 30.1 Å². The molecule has 184 valence electrons.